The van der Waals surface area contributed by atoms with Crippen LogP contribution >= 0.6 is 0 Å². The highest BCUT2D eigenvalue weighted by atomic mass is 16.7. The molecule has 12 nitrogen and oxygen atoms in total. The van der Waals surface area contributed by atoms with Crippen LogP contribution < -0.4 is 14.2 Å². The van der Waals surface area contributed by atoms with Gasteiger partial charge in [0.2, 0.25) is 6.29 Å². The Labute approximate surface area is 184 Å². The Bertz CT molecular complexity index is 747. The van der Waals surface area contributed by atoms with E-state index in [0.717, 1.165) is 0 Å². The third-order valence-corrected chi connectivity index (χ3v) is 5.51. The number of methoxy groups -OCH3 is 2. The van der Waals surface area contributed by atoms with Crippen molar-refractivity contribution in [1.82, 2.24) is 0 Å². The first-order chi connectivity index (χ1) is 15.2. The van der Waals surface area contributed by atoms with E-state index in [1.807, 2.05) is 0 Å². The second-order valence-corrected chi connectivity index (χ2v) is 7.66. The van der Waals surface area contributed by atoms with Gasteiger partial charge in [0.05, 0.1) is 26.9 Å². The van der Waals surface area contributed by atoms with E-state index in [4.69, 9.17) is 28.4 Å². The molecule has 10 atom stereocenters. The fraction of sp³-hybridized carbons (Fsp3) is 0.700. The molecule has 1 aromatic rings. The topological polar surface area (TPSA) is 177 Å². The third-order valence-electron chi connectivity index (χ3n) is 5.51. The van der Waals surface area contributed by atoms with Gasteiger partial charge in [0.1, 0.15) is 48.5 Å². The normalized spacial score (nSPS) is 40.0. The maximum atomic E-state index is 10.3. The van der Waals surface area contributed by atoms with Crippen LogP contribution in [0.2, 0.25) is 0 Å². The molecule has 0 aliphatic carbocycles. The number of hydrogen-bond donors (Lipinski definition) is 6. The molecule has 182 valence electrons. The van der Waals surface area contributed by atoms with Crippen molar-refractivity contribution in [2.24, 2.45) is 0 Å². The first-order valence-electron chi connectivity index (χ1n) is 10.1. The molecule has 0 saturated carbocycles. The zero-order valence-electron chi connectivity index (χ0n) is 17.8. The summed E-state index contributed by atoms with van der Waals surface area (Å²) in [5, 5.41) is 60.5. The lowest BCUT2D eigenvalue weighted by Crippen LogP contribution is -2.61. The van der Waals surface area contributed by atoms with Gasteiger partial charge in [0.15, 0.2) is 17.8 Å². The van der Waals surface area contributed by atoms with Crippen LogP contribution in [0.3, 0.4) is 0 Å². The van der Waals surface area contributed by atoms with Crippen LogP contribution in [0, 0.1) is 0 Å². The molecule has 3 rings (SSSR count). The minimum absolute atomic E-state index is 0.243. The van der Waals surface area contributed by atoms with E-state index < -0.39 is 61.4 Å². The summed E-state index contributed by atoms with van der Waals surface area (Å²) in [5.41, 5.74) is 0. The summed E-state index contributed by atoms with van der Waals surface area (Å²) in [6, 6.07) is 4.62. The lowest BCUT2D eigenvalue weighted by atomic mass is 9.98. The van der Waals surface area contributed by atoms with Crippen LogP contribution in [-0.2, 0) is 14.2 Å². The predicted molar refractivity (Wildman–Crippen MR) is 105 cm³/mol. The molecule has 2 aliphatic heterocycles. The van der Waals surface area contributed by atoms with Gasteiger partial charge in [-0.15, -0.1) is 0 Å². The molecule has 0 spiro atoms. The summed E-state index contributed by atoms with van der Waals surface area (Å²) in [7, 11) is 2.92. The largest absolute Gasteiger partial charge is 0.493 e. The highest BCUT2D eigenvalue weighted by Crippen LogP contribution is 2.33. The third kappa shape index (κ3) is 5.09. The average molecular weight is 462 g/mol. The van der Waals surface area contributed by atoms with Gasteiger partial charge in [-0.1, -0.05) is 0 Å². The Morgan fingerprint density at radius 1 is 0.750 bits per heavy atom. The lowest BCUT2D eigenvalue weighted by Gasteiger charge is -2.42. The zero-order valence-corrected chi connectivity index (χ0v) is 17.8. The number of aliphatic hydroxyl groups is 6. The number of hydrogen-bond acceptors (Lipinski definition) is 12. The van der Waals surface area contributed by atoms with Crippen LogP contribution in [0.1, 0.15) is 6.92 Å². The molecular formula is C20H30O12. The maximum absolute atomic E-state index is 10.3. The fourth-order valence-corrected chi connectivity index (χ4v) is 3.52. The van der Waals surface area contributed by atoms with Crippen LogP contribution in [0.25, 0.3) is 0 Å². The van der Waals surface area contributed by atoms with Gasteiger partial charge in [0, 0.05) is 6.07 Å². The van der Waals surface area contributed by atoms with Crippen molar-refractivity contribution in [3.05, 3.63) is 18.2 Å². The summed E-state index contributed by atoms with van der Waals surface area (Å²) < 4.78 is 32.3. The molecule has 1 aromatic carbocycles. The Hall–Kier alpha value is -1.74. The van der Waals surface area contributed by atoms with Crippen LogP contribution in [0.15, 0.2) is 18.2 Å². The van der Waals surface area contributed by atoms with E-state index in [1.54, 1.807) is 12.1 Å². The number of rotatable bonds is 7. The van der Waals surface area contributed by atoms with Crippen LogP contribution in [0.5, 0.6) is 17.2 Å². The first-order valence-corrected chi connectivity index (χ1v) is 10.1. The van der Waals surface area contributed by atoms with E-state index in [9.17, 15) is 30.6 Å². The van der Waals surface area contributed by atoms with E-state index in [0.29, 0.717) is 11.5 Å². The highest BCUT2D eigenvalue weighted by Gasteiger charge is 2.47. The average Bonchev–Trinajstić information content (AvgIpc) is 2.79. The summed E-state index contributed by atoms with van der Waals surface area (Å²) >= 11 is 0. The van der Waals surface area contributed by atoms with Crippen molar-refractivity contribution in [2.45, 2.75) is 68.3 Å². The standard InChI is InChI=1S/C20H30O12/c1-8-13(21)15(23)17(25)19(30-8)29-7-12-14(22)16(24)18(26)20(32-12)31-9-4-5-10(27-2)11(6-9)28-3/h4-6,8,12-26H,7H2,1-3H3/t8-,12+,13-,14+,15+,16-,17+,18+,19+,20+/m0/s1. The number of ether oxygens (including phenoxy) is 6. The molecule has 6 N–H and O–H groups in total. The molecular weight excluding hydrogens is 432 g/mol. The van der Waals surface area contributed by atoms with Crippen LogP contribution in [-0.4, -0.2) is 113 Å². The van der Waals surface area contributed by atoms with Gasteiger partial charge < -0.3 is 59.1 Å². The molecule has 32 heavy (non-hydrogen) atoms. The Morgan fingerprint density at radius 3 is 2.03 bits per heavy atom. The number of aliphatic hydroxyl groups excluding tert-OH is 6. The number of benzene rings is 1. The first kappa shape index (κ1) is 24.9. The quantitative estimate of drug-likeness (QED) is 0.257. The lowest BCUT2D eigenvalue weighted by molar-refractivity contribution is -0.318. The Kier molecular flexibility index (Phi) is 8.14. The molecule has 0 unspecified atom stereocenters. The van der Waals surface area contributed by atoms with Crippen molar-refractivity contribution in [3.63, 3.8) is 0 Å². The summed E-state index contributed by atoms with van der Waals surface area (Å²) in [4.78, 5) is 0. The second-order valence-electron chi connectivity index (χ2n) is 7.66. The van der Waals surface area contributed by atoms with Gasteiger partial charge in [-0.05, 0) is 19.1 Å². The van der Waals surface area contributed by atoms with E-state index in [1.165, 1.54) is 27.2 Å². The van der Waals surface area contributed by atoms with Gasteiger partial charge >= 0.3 is 0 Å². The van der Waals surface area contributed by atoms with Gasteiger partial charge in [-0.3, -0.25) is 0 Å². The van der Waals surface area contributed by atoms with Crippen molar-refractivity contribution < 1.29 is 59.1 Å². The minimum Gasteiger partial charge on any atom is -0.493 e. The maximum Gasteiger partial charge on any atom is 0.229 e. The Balaban J connectivity index is 1.66. The predicted octanol–water partition coefficient (Wildman–Crippen LogP) is -2.27. The van der Waals surface area contributed by atoms with E-state index >= 15 is 0 Å². The van der Waals surface area contributed by atoms with Crippen molar-refractivity contribution in [1.29, 1.82) is 0 Å². The molecule has 2 aliphatic rings. The van der Waals surface area contributed by atoms with Crippen LogP contribution in [0.4, 0.5) is 0 Å². The zero-order chi connectivity index (χ0) is 23.6. The van der Waals surface area contributed by atoms with Crippen molar-refractivity contribution in [3.8, 4) is 17.2 Å². The molecule has 0 amide bonds. The molecule has 0 radical (unpaired) electrons. The molecule has 0 aromatic heterocycles. The van der Waals surface area contributed by atoms with Crippen molar-refractivity contribution in [2.75, 3.05) is 20.8 Å². The molecule has 2 saturated heterocycles. The minimum atomic E-state index is -1.62. The highest BCUT2D eigenvalue weighted by molar-refractivity contribution is 5.45. The monoisotopic (exact) mass is 462 g/mol. The van der Waals surface area contributed by atoms with Crippen molar-refractivity contribution >= 4 is 0 Å². The SMILES string of the molecule is COc1ccc(O[C@@H]2O[C@H](CO[C@@H]3O[C@@H](C)[C@H](O)[C@@H](O)[C@H]3O)[C@@H](O)[C@H](O)[C@H]2O)cc1OC. The molecule has 2 fully saturated rings. The summed E-state index contributed by atoms with van der Waals surface area (Å²) in [6.07, 6.45) is -13.7. The van der Waals surface area contributed by atoms with Gasteiger partial charge in [-0.2, -0.15) is 0 Å². The summed E-state index contributed by atoms with van der Waals surface area (Å²) in [5.74, 6) is 1.07. The summed E-state index contributed by atoms with van der Waals surface area (Å²) in [6.45, 7) is 1.11. The smallest absolute Gasteiger partial charge is 0.229 e. The van der Waals surface area contributed by atoms with Gasteiger partial charge in [-0.25, -0.2) is 0 Å². The Morgan fingerprint density at radius 2 is 1.38 bits per heavy atom. The van der Waals surface area contributed by atoms with E-state index in [-0.39, 0.29) is 12.4 Å². The second kappa shape index (κ2) is 10.5. The van der Waals surface area contributed by atoms with Gasteiger partial charge in [0.25, 0.3) is 0 Å². The molecule has 2 heterocycles. The fourth-order valence-electron chi connectivity index (χ4n) is 3.52. The molecule has 12 heteroatoms. The van der Waals surface area contributed by atoms with E-state index in [2.05, 4.69) is 0 Å². The molecule has 0 bridgehead atoms.